The van der Waals surface area contributed by atoms with E-state index in [0.717, 1.165) is 17.3 Å². The average molecular weight is 203 g/mol. The largest absolute Gasteiger partial charge is 0.330 e. The van der Waals surface area contributed by atoms with Gasteiger partial charge in [0, 0.05) is 5.39 Å². The van der Waals surface area contributed by atoms with Gasteiger partial charge in [-0.05, 0) is 23.9 Å². The van der Waals surface area contributed by atoms with Gasteiger partial charge in [0.25, 0.3) is 0 Å². The fourth-order valence-corrected chi connectivity index (χ4v) is 2.03. The number of hydrogen-bond acceptors (Lipinski definition) is 2. The molecule has 0 aliphatic heterocycles. The first-order valence-corrected chi connectivity index (χ1v) is 5.28. The topological polar surface area (TPSA) is 54.7 Å². The molecule has 15 heavy (non-hydrogen) atoms. The third kappa shape index (κ3) is 1.75. The Morgan fingerprint density at radius 3 is 2.93 bits per heavy atom. The summed E-state index contributed by atoms with van der Waals surface area (Å²) in [5, 5.41) is 8.31. The molecule has 3 heteroatoms. The van der Waals surface area contributed by atoms with Gasteiger partial charge in [0.2, 0.25) is 0 Å². The van der Waals surface area contributed by atoms with Crippen molar-refractivity contribution < 1.29 is 0 Å². The van der Waals surface area contributed by atoms with Gasteiger partial charge >= 0.3 is 0 Å². The van der Waals surface area contributed by atoms with Crippen LogP contribution in [0.3, 0.4) is 0 Å². The molecule has 1 aromatic carbocycles. The van der Waals surface area contributed by atoms with Crippen LogP contribution >= 0.6 is 0 Å². The van der Waals surface area contributed by atoms with Crippen LogP contribution in [0.15, 0.2) is 24.4 Å². The lowest BCUT2D eigenvalue weighted by Crippen LogP contribution is -2.22. The van der Waals surface area contributed by atoms with Crippen LogP contribution < -0.4 is 5.73 Å². The lowest BCUT2D eigenvalue weighted by atomic mass is 9.81. The van der Waals surface area contributed by atoms with Crippen molar-refractivity contribution in [1.82, 2.24) is 10.2 Å². The molecular formula is C12H17N3. The highest BCUT2D eigenvalue weighted by Crippen LogP contribution is 2.31. The maximum Gasteiger partial charge on any atom is 0.0687 e. The summed E-state index contributed by atoms with van der Waals surface area (Å²) >= 11 is 0. The monoisotopic (exact) mass is 203 g/mol. The lowest BCUT2D eigenvalue weighted by molar-refractivity contribution is 0.491. The number of aromatic amines is 1. The minimum absolute atomic E-state index is 0.0980. The Bertz CT molecular complexity index is 457. The molecule has 80 valence electrons. The zero-order valence-electron chi connectivity index (χ0n) is 9.25. The van der Waals surface area contributed by atoms with E-state index in [9.17, 15) is 0 Å². The number of H-pyrrole nitrogens is 1. The molecule has 0 saturated heterocycles. The van der Waals surface area contributed by atoms with Crippen LogP contribution in [0.4, 0.5) is 0 Å². The van der Waals surface area contributed by atoms with Gasteiger partial charge in [0.1, 0.15) is 0 Å². The lowest BCUT2D eigenvalue weighted by Gasteiger charge is -2.25. The standard InChI is InChI=1S/C12H17N3/c1-12(2,6-7-13)10-5-3-4-9-8-14-15-11(9)10/h3-5,8H,6-7,13H2,1-2H3,(H,14,15). The van der Waals surface area contributed by atoms with E-state index in [1.807, 2.05) is 6.20 Å². The van der Waals surface area contributed by atoms with E-state index in [1.54, 1.807) is 0 Å². The van der Waals surface area contributed by atoms with Crippen LogP contribution in [0.5, 0.6) is 0 Å². The van der Waals surface area contributed by atoms with Gasteiger partial charge < -0.3 is 5.73 Å². The van der Waals surface area contributed by atoms with Gasteiger partial charge in [-0.2, -0.15) is 5.10 Å². The molecule has 0 aliphatic carbocycles. The summed E-state index contributed by atoms with van der Waals surface area (Å²) in [5.74, 6) is 0. The molecule has 0 atom stereocenters. The number of aromatic nitrogens is 2. The predicted octanol–water partition coefficient (Wildman–Crippen LogP) is 2.19. The van der Waals surface area contributed by atoms with E-state index in [4.69, 9.17) is 5.73 Å². The smallest absolute Gasteiger partial charge is 0.0687 e. The molecule has 0 saturated carbocycles. The van der Waals surface area contributed by atoms with Gasteiger partial charge in [-0.25, -0.2) is 0 Å². The number of nitrogens with zero attached hydrogens (tertiary/aromatic N) is 1. The molecule has 1 aromatic heterocycles. The van der Waals surface area contributed by atoms with E-state index < -0.39 is 0 Å². The van der Waals surface area contributed by atoms with Gasteiger partial charge in [0.05, 0.1) is 11.7 Å². The van der Waals surface area contributed by atoms with Crippen molar-refractivity contribution in [2.24, 2.45) is 5.73 Å². The number of hydrogen-bond donors (Lipinski definition) is 2. The number of para-hydroxylation sites is 1. The molecule has 2 rings (SSSR count). The molecule has 0 amide bonds. The average Bonchev–Trinajstić information content (AvgIpc) is 2.64. The summed E-state index contributed by atoms with van der Waals surface area (Å²) in [6.07, 6.45) is 2.84. The second kappa shape index (κ2) is 3.66. The van der Waals surface area contributed by atoms with Crippen LogP contribution in [0.25, 0.3) is 10.9 Å². The van der Waals surface area contributed by atoms with Crippen molar-refractivity contribution in [2.75, 3.05) is 6.54 Å². The van der Waals surface area contributed by atoms with Crippen molar-refractivity contribution in [1.29, 1.82) is 0 Å². The molecule has 1 heterocycles. The molecule has 0 fully saturated rings. The third-order valence-corrected chi connectivity index (χ3v) is 2.98. The van der Waals surface area contributed by atoms with Gasteiger partial charge in [-0.15, -0.1) is 0 Å². The molecule has 0 spiro atoms. The number of fused-ring (bicyclic) bond motifs is 1. The molecule has 0 bridgehead atoms. The molecule has 0 radical (unpaired) electrons. The third-order valence-electron chi connectivity index (χ3n) is 2.98. The van der Waals surface area contributed by atoms with Gasteiger partial charge in [-0.1, -0.05) is 32.0 Å². The van der Waals surface area contributed by atoms with Crippen molar-refractivity contribution in [3.63, 3.8) is 0 Å². The zero-order valence-corrected chi connectivity index (χ0v) is 9.25. The first kappa shape index (κ1) is 10.2. The second-order valence-electron chi connectivity index (χ2n) is 4.56. The Kier molecular flexibility index (Phi) is 2.49. The highest BCUT2D eigenvalue weighted by Gasteiger charge is 2.22. The maximum atomic E-state index is 5.65. The number of nitrogens with two attached hydrogens (primary N) is 1. The first-order chi connectivity index (χ1) is 7.15. The quantitative estimate of drug-likeness (QED) is 0.803. The summed E-state index contributed by atoms with van der Waals surface area (Å²) in [6.45, 7) is 5.14. The normalized spacial score (nSPS) is 12.2. The summed E-state index contributed by atoms with van der Waals surface area (Å²) in [5.41, 5.74) is 8.17. The minimum Gasteiger partial charge on any atom is -0.330 e. The first-order valence-electron chi connectivity index (χ1n) is 5.28. The van der Waals surface area contributed by atoms with Crippen LogP contribution in [0.2, 0.25) is 0 Å². The maximum absolute atomic E-state index is 5.65. The molecule has 0 aliphatic rings. The second-order valence-corrected chi connectivity index (χ2v) is 4.56. The fraction of sp³-hybridized carbons (Fsp3) is 0.417. The highest BCUT2D eigenvalue weighted by atomic mass is 15.1. The highest BCUT2D eigenvalue weighted by molar-refractivity contribution is 5.82. The molecular weight excluding hydrogens is 186 g/mol. The van der Waals surface area contributed by atoms with Crippen LogP contribution in [-0.2, 0) is 5.41 Å². The molecule has 3 nitrogen and oxygen atoms in total. The Hall–Kier alpha value is -1.35. The fourth-order valence-electron chi connectivity index (χ4n) is 2.03. The molecule has 3 N–H and O–H groups in total. The Balaban J connectivity index is 2.55. The Morgan fingerprint density at radius 2 is 2.20 bits per heavy atom. The van der Waals surface area contributed by atoms with E-state index in [2.05, 4.69) is 42.2 Å². The van der Waals surface area contributed by atoms with Crippen molar-refractivity contribution in [2.45, 2.75) is 25.7 Å². The van der Waals surface area contributed by atoms with Crippen LogP contribution in [-0.4, -0.2) is 16.7 Å². The van der Waals surface area contributed by atoms with E-state index in [-0.39, 0.29) is 5.41 Å². The summed E-state index contributed by atoms with van der Waals surface area (Å²) in [4.78, 5) is 0. The molecule has 2 aromatic rings. The van der Waals surface area contributed by atoms with Crippen molar-refractivity contribution in [3.8, 4) is 0 Å². The Morgan fingerprint density at radius 1 is 1.40 bits per heavy atom. The number of nitrogens with one attached hydrogen (secondary N) is 1. The van der Waals surface area contributed by atoms with Crippen molar-refractivity contribution >= 4 is 10.9 Å². The van der Waals surface area contributed by atoms with E-state index in [0.29, 0.717) is 6.54 Å². The van der Waals surface area contributed by atoms with E-state index >= 15 is 0 Å². The zero-order chi connectivity index (χ0) is 10.9. The molecule has 0 unspecified atom stereocenters. The van der Waals surface area contributed by atoms with E-state index in [1.165, 1.54) is 5.56 Å². The number of benzene rings is 1. The number of rotatable bonds is 3. The predicted molar refractivity (Wildman–Crippen MR) is 62.8 cm³/mol. The Labute approximate surface area is 89.7 Å². The summed E-state index contributed by atoms with van der Waals surface area (Å²) < 4.78 is 0. The van der Waals surface area contributed by atoms with Crippen LogP contribution in [0.1, 0.15) is 25.8 Å². The van der Waals surface area contributed by atoms with Gasteiger partial charge in [-0.3, -0.25) is 5.10 Å². The summed E-state index contributed by atoms with van der Waals surface area (Å²) in [6, 6.07) is 6.29. The van der Waals surface area contributed by atoms with Crippen molar-refractivity contribution in [3.05, 3.63) is 30.0 Å². The SMILES string of the molecule is CC(C)(CCN)c1cccc2cn[nH]c12. The minimum atomic E-state index is 0.0980. The van der Waals surface area contributed by atoms with Gasteiger partial charge in [0.15, 0.2) is 0 Å². The summed E-state index contributed by atoms with van der Waals surface area (Å²) in [7, 11) is 0. The van der Waals surface area contributed by atoms with Crippen LogP contribution in [0, 0.1) is 0 Å².